The fourth-order valence-corrected chi connectivity index (χ4v) is 10.6. The zero-order valence-electron chi connectivity index (χ0n) is 18.7. The Morgan fingerprint density at radius 2 is 1.64 bits per heavy atom. The Balaban J connectivity index is 1.32. The maximum absolute atomic E-state index is 10.8. The van der Waals surface area contributed by atoms with Gasteiger partial charge < -0.3 is 9.84 Å². The fourth-order valence-electron chi connectivity index (χ4n) is 10.6. The van der Waals surface area contributed by atoms with Gasteiger partial charge in [-0.05, 0) is 116 Å². The van der Waals surface area contributed by atoms with Crippen molar-refractivity contribution in [1.82, 2.24) is 0 Å². The summed E-state index contributed by atoms with van der Waals surface area (Å²) in [6, 6.07) is 0. The Labute approximate surface area is 172 Å². The molecule has 2 nitrogen and oxygen atoms in total. The van der Waals surface area contributed by atoms with Crippen LogP contribution in [0.1, 0.15) is 98.3 Å². The lowest BCUT2D eigenvalue weighted by Crippen LogP contribution is -2.54. The number of fused-ring (bicyclic) bond motifs is 4. The van der Waals surface area contributed by atoms with E-state index in [-0.39, 0.29) is 11.5 Å². The molecule has 0 bridgehead atoms. The van der Waals surface area contributed by atoms with Crippen LogP contribution in [0.5, 0.6) is 0 Å². The van der Waals surface area contributed by atoms with Crippen LogP contribution in [0.25, 0.3) is 0 Å². The van der Waals surface area contributed by atoms with E-state index in [9.17, 15) is 5.11 Å². The van der Waals surface area contributed by atoms with Crippen molar-refractivity contribution >= 4 is 0 Å². The summed E-state index contributed by atoms with van der Waals surface area (Å²) >= 11 is 0. The molecule has 7 unspecified atom stereocenters. The van der Waals surface area contributed by atoms with Crippen molar-refractivity contribution in [3.8, 4) is 0 Å². The summed E-state index contributed by atoms with van der Waals surface area (Å²) in [5, 5.41) is 10.8. The molecule has 5 aliphatic carbocycles. The van der Waals surface area contributed by atoms with Crippen LogP contribution in [-0.2, 0) is 4.74 Å². The lowest BCUT2D eigenvalue weighted by Gasteiger charge is -2.59. The molecule has 1 saturated heterocycles. The van der Waals surface area contributed by atoms with Crippen LogP contribution in [0.4, 0.5) is 0 Å². The zero-order valence-corrected chi connectivity index (χ0v) is 18.7. The van der Waals surface area contributed by atoms with Gasteiger partial charge in [0, 0.05) is 0 Å². The van der Waals surface area contributed by atoms with Crippen molar-refractivity contribution in [2.45, 2.75) is 117 Å². The predicted octanol–water partition coefficient (Wildman–Crippen LogP) is 5.96. The standard InChI is InChI=1S/C26H42O2/c1-5-16-6-7-18-20(28-16)14-19-17-8-9-21-23(2,3)22(27)10-11-26(21)15-25(17,26)13-12-24(18,19)4/h16-22,27H,5-15H2,1-4H3/t16?,17?,18?,19?,20?,21?,22-,24?,25-,26+/m0/s1. The minimum absolute atomic E-state index is 0.0834. The summed E-state index contributed by atoms with van der Waals surface area (Å²) in [5.41, 5.74) is 1.88. The SMILES string of the molecule is CCC1CCC2C(CC3C4CCC5C(C)(C)[C@@H](O)CC[C@@]56C[C@@]46CCC23C)O1. The number of hydrogen-bond acceptors (Lipinski definition) is 2. The summed E-state index contributed by atoms with van der Waals surface area (Å²) in [6.07, 6.45) is 15.9. The molecular weight excluding hydrogens is 344 g/mol. The van der Waals surface area contributed by atoms with E-state index in [1.54, 1.807) is 0 Å². The van der Waals surface area contributed by atoms with Gasteiger partial charge in [0.2, 0.25) is 0 Å². The molecule has 6 rings (SSSR count). The second-order valence-corrected chi connectivity index (χ2v) is 12.8. The van der Waals surface area contributed by atoms with Crippen molar-refractivity contribution in [3.05, 3.63) is 0 Å². The summed E-state index contributed by atoms with van der Waals surface area (Å²) in [6.45, 7) is 9.73. The number of hydrogen-bond donors (Lipinski definition) is 1. The molecule has 28 heavy (non-hydrogen) atoms. The average molecular weight is 387 g/mol. The molecule has 2 heteroatoms. The molecule has 10 atom stereocenters. The van der Waals surface area contributed by atoms with Gasteiger partial charge in [-0.3, -0.25) is 0 Å². The lowest BCUT2D eigenvalue weighted by molar-refractivity contribution is -0.135. The summed E-state index contributed by atoms with van der Waals surface area (Å²) in [7, 11) is 0. The van der Waals surface area contributed by atoms with Gasteiger partial charge in [-0.2, -0.15) is 0 Å². The molecule has 6 aliphatic rings. The average Bonchev–Trinajstić information content (AvgIpc) is 3.25. The highest BCUT2D eigenvalue weighted by molar-refractivity contribution is 5.29. The van der Waals surface area contributed by atoms with Crippen molar-refractivity contribution in [2.75, 3.05) is 0 Å². The number of ether oxygens (including phenoxy) is 1. The Bertz CT molecular complexity index is 671. The lowest BCUT2D eigenvalue weighted by atomic mass is 9.46. The number of rotatable bonds is 1. The summed E-state index contributed by atoms with van der Waals surface area (Å²) in [4.78, 5) is 0. The molecule has 1 N–H and O–H groups in total. The van der Waals surface area contributed by atoms with Gasteiger partial charge in [0.25, 0.3) is 0 Å². The third kappa shape index (κ3) is 1.99. The molecule has 0 amide bonds. The van der Waals surface area contributed by atoms with Gasteiger partial charge in [0.1, 0.15) is 0 Å². The van der Waals surface area contributed by atoms with Crippen molar-refractivity contribution in [1.29, 1.82) is 0 Å². The molecule has 5 saturated carbocycles. The molecule has 6 fully saturated rings. The highest BCUT2D eigenvalue weighted by Crippen LogP contribution is 2.87. The highest BCUT2D eigenvalue weighted by atomic mass is 16.5. The molecule has 0 aromatic carbocycles. The van der Waals surface area contributed by atoms with Gasteiger partial charge in [0.05, 0.1) is 18.3 Å². The molecule has 0 radical (unpaired) electrons. The van der Waals surface area contributed by atoms with Gasteiger partial charge in [-0.1, -0.05) is 27.7 Å². The molecule has 0 aromatic heterocycles. The second-order valence-electron chi connectivity index (χ2n) is 12.8. The molecule has 158 valence electrons. The third-order valence-electron chi connectivity index (χ3n) is 12.1. The van der Waals surface area contributed by atoms with Crippen LogP contribution in [0.15, 0.2) is 0 Å². The van der Waals surface area contributed by atoms with Gasteiger partial charge in [0.15, 0.2) is 0 Å². The monoisotopic (exact) mass is 386 g/mol. The van der Waals surface area contributed by atoms with Crippen molar-refractivity contribution in [2.24, 2.45) is 45.3 Å². The quantitative estimate of drug-likeness (QED) is 0.602. The van der Waals surface area contributed by atoms with E-state index in [0.29, 0.717) is 28.5 Å². The molecular formula is C26H42O2. The molecule has 1 heterocycles. The van der Waals surface area contributed by atoms with Crippen LogP contribution in [0.3, 0.4) is 0 Å². The number of aliphatic hydroxyl groups excluding tert-OH is 1. The highest BCUT2D eigenvalue weighted by Gasteiger charge is 2.80. The normalized spacial score (nSPS) is 61.4. The Hall–Kier alpha value is -0.0800. The predicted molar refractivity (Wildman–Crippen MR) is 112 cm³/mol. The van der Waals surface area contributed by atoms with E-state index >= 15 is 0 Å². The Morgan fingerprint density at radius 1 is 0.857 bits per heavy atom. The number of aliphatic hydroxyl groups is 1. The first-order chi connectivity index (χ1) is 13.3. The first-order valence-corrected chi connectivity index (χ1v) is 12.6. The molecule has 2 spiro atoms. The fraction of sp³-hybridized carbons (Fsp3) is 1.00. The largest absolute Gasteiger partial charge is 0.393 e. The minimum atomic E-state index is -0.0834. The van der Waals surface area contributed by atoms with Crippen LogP contribution in [0.2, 0.25) is 0 Å². The van der Waals surface area contributed by atoms with E-state index in [1.165, 1.54) is 64.2 Å². The third-order valence-corrected chi connectivity index (χ3v) is 12.1. The van der Waals surface area contributed by atoms with E-state index in [0.717, 1.165) is 30.1 Å². The van der Waals surface area contributed by atoms with Crippen LogP contribution < -0.4 is 0 Å². The second kappa shape index (κ2) is 5.58. The maximum atomic E-state index is 10.8. The van der Waals surface area contributed by atoms with E-state index < -0.39 is 0 Å². The molecule has 0 aromatic rings. The topological polar surface area (TPSA) is 29.5 Å². The summed E-state index contributed by atoms with van der Waals surface area (Å²) in [5.74, 6) is 3.44. The van der Waals surface area contributed by atoms with Crippen molar-refractivity contribution < 1.29 is 9.84 Å². The Kier molecular flexibility index (Phi) is 3.72. The first kappa shape index (κ1) is 18.7. The maximum Gasteiger partial charge on any atom is 0.0615 e. The Morgan fingerprint density at radius 3 is 2.43 bits per heavy atom. The van der Waals surface area contributed by atoms with Gasteiger partial charge in [-0.25, -0.2) is 0 Å². The minimum Gasteiger partial charge on any atom is -0.393 e. The van der Waals surface area contributed by atoms with E-state index in [1.807, 2.05) is 0 Å². The first-order valence-electron chi connectivity index (χ1n) is 12.6. The van der Waals surface area contributed by atoms with Crippen LogP contribution in [0, 0.1) is 45.3 Å². The van der Waals surface area contributed by atoms with Gasteiger partial charge >= 0.3 is 0 Å². The summed E-state index contributed by atoms with van der Waals surface area (Å²) < 4.78 is 6.66. The van der Waals surface area contributed by atoms with Crippen molar-refractivity contribution in [3.63, 3.8) is 0 Å². The van der Waals surface area contributed by atoms with Crippen LogP contribution in [-0.4, -0.2) is 23.4 Å². The smallest absolute Gasteiger partial charge is 0.0615 e. The van der Waals surface area contributed by atoms with Gasteiger partial charge in [-0.15, -0.1) is 0 Å². The molecule has 1 aliphatic heterocycles. The zero-order chi connectivity index (χ0) is 19.5. The van der Waals surface area contributed by atoms with E-state index in [4.69, 9.17) is 4.74 Å². The van der Waals surface area contributed by atoms with Crippen LogP contribution >= 0.6 is 0 Å². The van der Waals surface area contributed by atoms with E-state index in [2.05, 4.69) is 27.7 Å².